The molecule has 2 saturated carbocycles. The lowest BCUT2D eigenvalue weighted by molar-refractivity contribution is -0.202. The summed E-state index contributed by atoms with van der Waals surface area (Å²) in [6.45, 7) is 8.35. The number of hydrogen-bond acceptors (Lipinski definition) is 3. The molecule has 0 spiro atoms. The molecule has 0 radical (unpaired) electrons. The normalized spacial score (nSPS) is 51.8. The van der Waals surface area contributed by atoms with Crippen LogP contribution >= 0.6 is 0 Å². The SMILES string of the molecule is CC1(O)CCC2C(C)(C)C(O)CCC2(C)C1CO. The Bertz CT molecular complexity index is 324. The molecule has 0 bridgehead atoms. The van der Waals surface area contributed by atoms with E-state index in [2.05, 4.69) is 20.8 Å². The Morgan fingerprint density at radius 1 is 1.06 bits per heavy atom. The molecule has 3 nitrogen and oxygen atoms in total. The molecule has 2 fully saturated rings. The van der Waals surface area contributed by atoms with Crippen LogP contribution in [0.2, 0.25) is 0 Å². The van der Waals surface area contributed by atoms with Crippen molar-refractivity contribution in [1.29, 1.82) is 0 Å². The maximum atomic E-state index is 10.6. The molecule has 0 aromatic heterocycles. The fraction of sp³-hybridized carbons (Fsp3) is 1.00. The third-order valence-electron chi connectivity index (χ3n) is 6.18. The average molecular weight is 256 g/mol. The van der Waals surface area contributed by atoms with Crippen molar-refractivity contribution < 1.29 is 15.3 Å². The van der Waals surface area contributed by atoms with Crippen LogP contribution in [-0.4, -0.2) is 33.6 Å². The number of rotatable bonds is 1. The first-order valence-electron chi connectivity index (χ1n) is 7.17. The van der Waals surface area contributed by atoms with Gasteiger partial charge in [0.1, 0.15) is 0 Å². The standard InChI is InChI=1S/C15H28O3/c1-13(2)10-5-8-15(4,18)11(9-16)14(10,3)7-6-12(13)17/h10-12,16-18H,5-9H2,1-4H3. The summed E-state index contributed by atoms with van der Waals surface area (Å²) in [7, 11) is 0. The highest BCUT2D eigenvalue weighted by atomic mass is 16.3. The third kappa shape index (κ3) is 1.83. The van der Waals surface area contributed by atoms with Gasteiger partial charge < -0.3 is 15.3 Å². The van der Waals surface area contributed by atoms with Gasteiger partial charge in [-0.2, -0.15) is 0 Å². The quantitative estimate of drug-likeness (QED) is 0.672. The Hall–Kier alpha value is -0.120. The average Bonchev–Trinajstić information content (AvgIpc) is 2.23. The molecule has 0 amide bonds. The van der Waals surface area contributed by atoms with Gasteiger partial charge in [-0.05, 0) is 49.4 Å². The van der Waals surface area contributed by atoms with Crippen molar-refractivity contribution in [3.05, 3.63) is 0 Å². The molecular weight excluding hydrogens is 228 g/mol. The first-order valence-corrected chi connectivity index (χ1v) is 7.17. The van der Waals surface area contributed by atoms with Gasteiger partial charge in [0.05, 0.1) is 11.7 Å². The highest BCUT2D eigenvalue weighted by Crippen LogP contribution is 2.61. The van der Waals surface area contributed by atoms with Crippen LogP contribution in [0.25, 0.3) is 0 Å². The smallest absolute Gasteiger partial charge is 0.0675 e. The molecule has 0 saturated heterocycles. The lowest BCUT2D eigenvalue weighted by atomic mass is 9.45. The molecule has 5 atom stereocenters. The van der Waals surface area contributed by atoms with E-state index in [1.54, 1.807) is 0 Å². The Morgan fingerprint density at radius 2 is 1.67 bits per heavy atom. The van der Waals surface area contributed by atoms with E-state index in [0.29, 0.717) is 12.3 Å². The van der Waals surface area contributed by atoms with Crippen LogP contribution in [-0.2, 0) is 0 Å². The first kappa shape index (κ1) is 14.3. The predicted octanol–water partition coefficient (Wildman–Crippen LogP) is 1.94. The highest BCUT2D eigenvalue weighted by molar-refractivity contribution is 5.09. The minimum absolute atomic E-state index is 0.0339. The summed E-state index contributed by atoms with van der Waals surface area (Å²) in [6.07, 6.45) is 3.05. The topological polar surface area (TPSA) is 60.7 Å². The van der Waals surface area contributed by atoms with E-state index in [-0.39, 0.29) is 29.5 Å². The van der Waals surface area contributed by atoms with Crippen molar-refractivity contribution in [2.45, 2.75) is 65.1 Å². The number of aliphatic hydroxyl groups excluding tert-OH is 2. The van der Waals surface area contributed by atoms with E-state index in [4.69, 9.17) is 0 Å². The van der Waals surface area contributed by atoms with Crippen LogP contribution in [0.3, 0.4) is 0 Å². The fourth-order valence-electron chi connectivity index (χ4n) is 4.92. The van der Waals surface area contributed by atoms with E-state index < -0.39 is 5.60 Å². The van der Waals surface area contributed by atoms with Crippen molar-refractivity contribution >= 4 is 0 Å². The Labute approximate surface area is 110 Å². The molecule has 0 aromatic carbocycles. The van der Waals surface area contributed by atoms with Crippen molar-refractivity contribution in [2.24, 2.45) is 22.7 Å². The van der Waals surface area contributed by atoms with Crippen LogP contribution in [0, 0.1) is 22.7 Å². The second-order valence-electron chi connectivity index (χ2n) is 7.57. The minimum Gasteiger partial charge on any atom is -0.396 e. The monoisotopic (exact) mass is 256 g/mol. The molecule has 5 unspecified atom stereocenters. The van der Waals surface area contributed by atoms with Crippen LogP contribution in [0.4, 0.5) is 0 Å². The summed E-state index contributed by atoms with van der Waals surface area (Å²) >= 11 is 0. The number of fused-ring (bicyclic) bond motifs is 1. The van der Waals surface area contributed by atoms with Crippen molar-refractivity contribution in [3.63, 3.8) is 0 Å². The zero-order chi connectivity index (χ0) is 13.8. The molecule has 2 rings (SSSR count). The van der Waals surface area contributed by atoms with Gasteiger partial charge >= 0.3 is 0 Å². The number of aliphatic hydroxyl groups is 3. The summed E-state index contributed by atoms with van der Waals surface area (Å²) in [5, 5.41) is 30.6. The first-order chi connectivity index (χ1) is 8.16. The zero-order valence-electron chi connectivity index (χ0n) is 12.1. The van der Waals surface area contributed by atoms with Crippen LogP contribution in [0.15, 0.2) is 0 Å². The Kier molecular flexibility index (Phi) is 3.33. The van der Waals surface area contributed by atoms with Gasteiger partial charge in [-0.15, -0.1) is 0 Å². The Morgan fingerprint density at radius 3 is 2.22 bits per heavy atom. The van der Waals surface area contributed by atoms with Gasteiger partial charge in [0, 0.05) is 12.5 Å². The van der Waals surface area contributed by atoms with Gasteiger partial charge in [0.2, 0.25) is 0 Å². The van der Waals surface area contributed by atoms with Gasteiger partial charge in [-0.1, -0.05) is 20.8 Å². The molecule has 3 heteroatoms. The molecule has 0 aliphatic heterocycles. The van der Waals surface area contributed by atoms with Gasteiger partial charge in [-0.3, -0.25) is 0 Å². The lowest BCUT2D eigenvalue weighted by Gasteiger charge is -2.61. The Balaban J connectivity index is 2.39. The predicted molar refractivity (Wildman–Crippen MR) is 71.1 cm³/mol. The highest BCUT2D eigenvalue weighted by Gasteiger charge is 2.59. The summed E-state index contributed by atoms with van der Waals surface area (Å²) in [6, 6.07) is 0. The molecule has 18 heavy (non-hydrogen) atoms. The lowest BCUT2D eigenvalue weighted by Crippen LogP contribution is -2.61. The molecular formula is C15H28O3. The summed E-state index contributed by atoms with van der Waals surface area (Å²) in [5.41, 5.74) is -0.978. The molecule has 3 N–H and O–H groups in total. The van der Waals surface area contributed by atoms with Crippen LogP contribution in [0.1, 0.15) is 53.4 Å². The van der Waals surface area contributed by atoms with E-state index in [1.165, 1.54) is 0 Å². The van der Waals surface area contributed by atoms with Crippen molar-refractivity contribution in [3.8, 4) is 0 Å². The third-order valence-corrected chi connectivity index (χ3v) is 6.18. The fourth-order valence-corrected chi connectivity index (χ4v) is 4.92. The van der Waals surface area contributed by atoms with Gasteiger partial charge in [0.25, 0.3) is 0 Å². The largest absolute Gasteiger partial charge is 0.396 e. The summed E-state index contributed by atoms with van der Waals surface area (Å²) < 4.78 is 0. The van der Waals surface area contributed by atoms with Gasteiger partial charge in [0.15, 0.2) is 0 Å². The molecule has 0 heterocycles. The molecule has 2 aliphatic rings. The van der Waals surface area contributed by atoms with Crippen LogP contribution < -0.4 is 0 Å². The molecule has 0 aromatic rings. The summed E-state index contributed by atoms with van der Waals surface area (Å²) in [5.74, 6) is 0.279. The maximum absolute atomic E-state index is 10.6. The van der Waals surface area contributed by atoms with E-state index in [0.717, 1.165) is 19.3 Å². The molecule has 2 aliphatic carbocycles. The van der Waals surface area contributed by atoms with E-state index in [9.17, 15) is 15.3 Å². The van der Waals surface area contributed by atoms with Gasteiger partial charge in [-0.25, -0.2) is 0 Å². The van der Waals surface area contributed by atoms with Crippen molar-refractivity contribution in [2.75, 3.05) is 6.61 Å². The van der Waals surface area contributed by atoms with Crippen LogP contribution in [0.5, 0.6) is 0 Å². The number of hydrogen-bond donors (Lipinski definition) is 3. The van der Waals surface area contributed by atoms with Crippen molar-refractivity contribution in [1.82, 2.24) is 0 Å². The maximum Gasteiger partial charge on any atom is 0.0675 e. The van der Waals surface area contributed by atoms with E-state index >= 15 is 0 Å². The second kappa shape index (κ2) is 4.19. The second-order valence-corrected chi connectivity index (χ2v) is 7.57. The molecule has 106 valence electrons. The van der Waals surface area contributed by atoms with E-state index in [1.807, 2.05) is 6.92 Å². The summed E-state index contributed by atoms with van der Waals surface area (Å²) in [4.78, 5) is 0. The minimum atomic E-state index is -0.779. The zero-order valence-corrected chi connectivity index (χ0v) is 12.1.